The SMILES string of the molecule is COC(=O)c1sccc1O.O=C(O)c1sccc1O. The molecule has 2 aromatic heterocycles. The zero-order valence-corrected chi connectivity index (χ0v) is 11.3. The van der Waals surface area contributed by atoms with E-state index in [0.717, 1.165) is 22.7 Å². The lowest BCUT2D eigenvalue weighted by atomic mass is 10.4. The minimum Gasteiger partial charge on any atom is -0.506 e. The van der Waals surface area contributed by atoms with Crippen molar-refractivity contribution >= 4 is 34.6 Å². The van der Waals surface area contributed by atoms with Crippen LogP contribution in [0.4, 0.5) is 0 Å². The lowest BCUT2D eigenvalue weighted by Crippen LogP contribution is -1.97. The van der Waals surface area contributed by atoms with E-state index in [9.17, 15) is 9.59 Å². The second-order valence-corrected chi connectivity index (χ2v) is 4.90. The molecule has 0 aliphatic heterocycles. The van der Waals surface area contributed by atoms with Crippen LogP contribution in [0.1, 0.15) is 19.3 Å². The zero-order chi connectivity index (χ0) is 14.4. The van der Waals surface area contributed by atoms with Crippen LogP contribution in [0.25, 0.3) is 0 Å². The molecule has 8 heteroatoms. The molecule has 0 bridgehead atoms. The summed E-state index contributed by atoms with van der Waals surface area (Å²) in [5.74, 6) is -1.75. The number of methoxy groups -OCH3 is 1. The number of esters is 1. The number of rotatable bonds is 2. The predicted octanol–water partition coefficient (Wildman–Crippen LogP) is 2.39. The Bertz CT molecular complexity index is 571. The summed E-state index contributed by atoms with van der Waals surface area (Å²) >= 11 is 2.17. The van der Waals surface area contributed by atoms with Crippen molar-refractivity contribution in [1.82, 2.24) is 0 Å². The maximum atomic E-state index is 10.7. The minimum absolute atomic E-state index is 0.00463. The summed E-state index contributed by atoms with van der Waals surface area (Å²) in [6, 6.07) is 2.81. The van der Waals surface area contributed by atoms with Gasteiger partial charge in [-0.3, -0.25) is 0 Å². The summed E-state index contributed by atoms with van der Waals surface area (Å²) in [5.41, 5.74) is 0. The van der Waals surface area contributed by atoms with E-state index in [1.807, 2.05) is 0 Å². The van der Waals surface area contributed by atoms with Gasteiger partial charge in [-0.1, -0.05) is 0 Å². The molecule has 0 spiro atoms. The Kier molecular flexibility index (Phi) is 5.34. The van der Waals surface area contributed by atoms with E-state index in [2.05, 4.69) is 4.74 Å². The molecule has 0 radical (unpaired) electrons. The van der Waals surface area contributed by atoms with E-state index >= 15 is 0 Å². The Morgan fingerprint density at radius 1 is 1.05 bits per heavy atom. The number of aromatic hydroxyl groups is 2. The van der Waals surface area contributed by atoms with E-state index < -0.39 is 11.9 Å². The molecule has 102 valence electrons. The van der Waals surface area contributed by atoms with Crippen LogP contribution < -0.4 is 0 Å². The second kappa shape index (κ2) is 6.76. The first-order chi connectivity index (χ1) is 8.97. The van der Waals surface area contributed by atoms with E-state index in [4.69, 9.17) is 15.3 Å². The van der Waals surface area contributed by atoms with Crippen LogP contribution in [0.2, 0.25) is 0 Å². The number of hydrogen-bond donors (Lipinski definition) is 3. The highest BCUT2D eigenvalue weighted by molar-refractivity contribution is 7.12. The summed E-state index contributed by atoms with van der Waals surface area (Å²) in [7, 11) is 1.28. The number of carboxylic acid groups (broad SMARTS) is 1. The molecule has 0 fully saturated rings. The van der Waals surface area contributed by atoms with Gasteiger partial charge in [0, 0.05) is 0 Å². The van der Waals surface area contributed by atoms with Gasteiger partial charge in [0.2, 0.25) is 0 Å². The van der Waals surface area contributed by atoms with Crippen LogP contribution >= 0.6 is 22.7 Å². The lowest BCUT2D eigenvalue weighted by Gasteiger charge is -1.93. The van der Waals surface area contributed by atoms with Crippen LogP contribution in [0, 0.1) is 0 Å². The van der Waals surface area contributed by atoms with Crippen LogP contribution in [0.15, 0.2) is 22.9 Å². The van der Waals surface area contributed by atoms with Crippen molar-refractivity contribution in [3.05, 3.63) is 32.6 Å². The molecule has 0 amide bonds. The van der Waals surface area contributed by atoms with Crippen molar-refractivity contribution < 1.29 is 29.6 Å². The third-order valence-electron chi connectivity index (χ3n) is 1.85. The van der Waals surface area contributed by atoms with Gasteiger partial charge in [0.05, 0.1) is 7.11 Å². The molecule has 0 saturated heterocycles. The molecule has 0 unspecified atom stereocenters. The van der Waals surface area contributed by atoms with Crippen molar-refractivity contribution in [3.63, 3.8) is 0 Å². The maximum absolute atomic E-state index is 10.7. The smallest absolute Gasteiger partial charge is 0.351 e. The number of carbonyl (C=O) groups excluding carboxylic acids is 1. The topological polar surface area (TPSA) is 104 Å². The summed E-state index contributed by atoms with van der Waals surface area (Å²) in [6.07, 6.45) is 0. The van der Waals surface area contributed by atoms with E-state index in [1.165, 1.54) is 24.6 Å². The van der Waals surface area contributed by atoms with Gasteiger partial charge >= 0.3 is 11.9 Å². The first-order valence-corrected chi connectivity index (χ1v) is 6.57. The molecule has 0 atom stereocenters. The van der Waals surface area contributed by atoms with Gasteiger partial charge in [-0.15, -0.1) is 22.7 Å². The molecule has 0 aromatic carbocycles. The maximum Gasteiger partial charge on any atom is 0.351 e. The third-order valence-corrected chi connectivity index (χ3v) is 3.63. The van der Waals surface area contributed by atoms with Crippen LogP contribution in [0.5, 0.6) is 11.5 Å². The Morgan fingerprint density at radius 2 is 1.53 bits per heavy atom. The van der Waals surface area contributed by atoms with Gasteiger partial charge in [0.1, 0.15) is 11.5 Å². The second-order valence-electron chi connectivity index (χ2n) is 3.07. The van der Waals surface area contributed by atoms with Crippen molar-refractivity contribution in [2.75, 3.05) is 7.11 Å². The van der Waals surface area contributed by atoms with Gasteiger partial charge in [0.25, 0.3) is 0 Å². The molecule has 3 N–H and O–H groups in total. The van der Waals surface area contributed by atoms with E-state index in [0.29, 0.717) is 0 Å². The van der Waals surface area contributed by atoms with Crippen molar-refractivity contribution in [3.8, 4) is 11.5 Å². The Balaban J connectivity index is 0.000000191. The fourth-order valence-electron chi connectivity index (χ4n) is 1.01. The molecular formula is C11H10O6S2. The van der Waals surface area contributed by atoms with Crippen LogP contribution in [0.3, 0.4) is 0 Å². The van der Waals surface area contributed by atoms with E-state index in [1.54, 1.807) is 5.38 Å². The molecule has 2 heterocycles. The number of carboxylic acids is 1. The average molecular weight is 302 g/mol. The number of ether oxygens (including phenoxy) is 1. The molecule has 2 aromatic rings. The van der Waals surface area contributed by atoms with Crippen LogP contribution in [-0.2, 0) is 4.74 Å². The molecule has 6 nitrogen and oxygen atoms in total. The fraction of sp³-hybridized carbons (Fsp3) is 0.0909. The highest BCUT2D eigenvalue weighted by Gasteiger charge is 2.11. The number of hydrogen-bond acceptors (Lipinski definition) is 7. The summed E-state index contributed by atoms with van der Waals surface area (Å²) in [6.45, 7) is 0. The van der Waals surface area contributed by atoms with Crippen molar-refractivity contribution in [2.45, 2.75) is 0 Å². The largest absolute Gasteiger partial charge is 0.506 e. The third kappa shape index (κ3) is 3.97. The standard InChI is InChI=1S/C6H6O3S.C5H4O3S/c1-9-6(8)5-4(7)2-3-10-5;6-3-1-2-9-4(3)5(7)8/h2-3,7H,1H3;1-2,6H,(H,7,8). The van der Waals surface area contributed by atoms with E-state index in [-0.39, 0.29) is 21.3 Å². The normalized spacial score (nSPS) is 9.32. The average Bonchev–Trinajstić information content (AvgIpc) is 2.97. The number of carbonyl (C=O) groups is 2. The Labute approximate surface area is 116 Å². The number of aromatic carboxylic acids is 1. The number of thiophene rings is 2. The highest BCUT2D eigenvalue weighted by Crippen LogP contribution is 2.23. The Morgan fingerprint density at radius 3 is 1.79 bits per heavy atom. The molecule has 19 heavy (non-hydrogen) atoms. The zero-order valence-electron chi connectivity index (χ0n) is 9.69. The molecule has 0 aliphatic carbocycles. The van der Waals surface area contributed by atoms with Crippen LogP contribution in [-0.4, -0.2) is 34.4 Å². The van der Waals surface area contributed by atoms with Gasteiger partial charge in [-0.05, 0) is 22.9 Å². The highest BCUT2D eigenvalue weighted by atomic mass is 32.1. The van der Waals surface area contributed by atoms with Gasteiger partial charge < -0.3 is 20.1 Å². The lowest BCUT2D eigenvalue weighted by molar-refractivity contribution is 0.0602. The van der Waals surface area contributed by atoms with Gasteiger partial charge in [-0.2, -0.15) is 0 Å². The molecular weight excluding hydrogens is 292 g/mol. The first-order valence-electron chi connectivity index (χ1n) is 4.82. The summed E-state index contributed by atoms with van der Waals surface area (Å²) in [5, 5.41) is 29.2. The summed E-state index contributed by atoms with van der Waals surface area (Å²) in [4.78, 5) is 21.1. The molecule has 2 rings (SSSR count). The Hall–Kier alpha value is -2.06. The quantitative estimate of drug-likeness (QED) is 0.736. The predicted molar refractivity (Wildman–Crippen MR) is 70.3 cm³/mol. The monoisotopic (exact) mass is 302 g/mol. The fourth-order valence-corrected chi connectivity index (χ4v) is 2.33. The minimum atomic E-state index is -1.08. The summed E-state index contributed by atoms with van der Waals surface area (Å²) < 4.78 is 4.39. The van der Waals surface area contributed by atoms with Crippen molar-refractivity contribution in [1.29, 1.82) is 0 Å². The first kappa shape index (κ1) is 15.0. The van der Waals surface area contributed by atoms with Crippen molar-refractivity contribution in [2.24, 2.45) is 0 Å². The molecule has 0 aliphatic rings. The molecule has 0 saturated carbocycles. The van der Waals surface area contributed by atoms with Gasteiger partial charge in [0.15, 0.2) is 9.75 Å². The van der Waals surface area contributed by atoms with Gasteiger partial charge in [-0.25, -0.2) is 9.59 Å².